The number of benzene rings is 1. The van der Waals surface area contributed by atoms with Crippen LogP contribution in [0.1, 0.15) is 17.1 Å². The molecule has 0 fully saturated rings. The van der Waals surface area contributed by atoms with E-state index in [1.54, 1.807) is 0 Å². The van der Waals surface area contributed by atoms with Crippen LogP contribution in [0.2, 0.25) is 0 Å². The number of nitrogens with zero attached hydrogens (tertiary/aromatic N) is 5. The summed E-state index contributed by atoms with van der Waals surface area (Å²) in [6.07, 6.45) is 3.83. The molecule has 0 spiro atoms. The Balaban J connectivity index is 1.98. The molecule has 1 aliphatic rings. The predicted molar refractivity (Wildman–Crippen MR) is 75.7 cm³/mol. The summed E-state index contributed by atoms with van der Waals surface area (Å²) in [5.74, 6) is 1.92. The Morgan fingerprint density at radius 3 is 2.75 bits per heavy atom. The van der Waals surface area contributed by atoms with E-state index in [4.69, 9.17) is 0 Å². The minimum atomic E-state index is 0.887. The maximum absolute atomic E-state index is 4.40. The van der Waals surface area contributed by atoms with Crippen LogP contribution in [-0.2, 0) is 19.9 Å². The first kappa shape index (κ1) is 11.4. The van der Waals surface area contributed by atoms with Crippen molar-refractivity contribution in [1.82, 2.24) is 24.5 Å². The molecule has 0 bridgehead atoms. The average molecular weight is 265 g/mol. The Hall–Kier alpha value is -2.43. The predicted octanol–water partition coefficient (Wildman–Crippen LogP) is 2.07. The van der Waals surface area contributed by atoms with Crippen LogP contribution in [0.4, 0.5) is 0 Å². The number of hydrogen-bond acceptors (Lipinski definition) is 3. The molecule has 0 radical (unpaired) electrons. The molecule has 1 aliphatic heterocycles. The van der Waals surface area contributed by atoms with Crippen molar-refractivity contribution < 1.29 is 0 Å². The Kier molecular flexibility index (Phi) is 2.30. The molecule has 3 aromatic rings. The third kappa shape index (κ3) is 1.46. The highest BCUT2D eigenvalue weighted by Crippen LogP contribution is 2.30. The number of para-hydroxylation sites is 1. The molecular formula is C15H15N5. The molecule has 0 N–H and O–H groups in total. The SMILES string of the molecule is Cc1c(-c2nnc3n2-c2ccccc2CC3)cnn1C. The van der Waals surface area contributed by atoms with Gasteiger partial charge in [0, 0.05) is 19.2 Å². The number of aryl methyl sites for hydroxylation is 3. The first-order valence-corrected chi connectivity index (χ1v) is 6.77. The summed E-state index contributed by atoms with van der Waals surface area (Å²) in [4.78, 5) is 0. The molecule has 0 atom stereocenters. The molecule has 1 aromatic carbocycles. The monoisotopic (exact) mass is 265 g/mol. The topological polar surface area (TPSA) is 48.5 Å². The summed E-state index contributed by atoms with van der Waals surface area (Å²) in [5, 5.41) is 13.1. The van der Waals surface area contributed by atoms with E-state index in [-0.39, 0.29) is 0 Å². The zero-order valence-electron chi connectivity index (χ0n) is 11.5. The minimum Gasteiger partial charge on any atom is -0.279 e. The van der Waals surface area contributed by atoms with Crippen molar-refractivity contribution in [3.05, 3.63) is 47.5 Å². The van der Waals surface area contributed by atoms with Gasteiger partial charge in [0.1, 0.15) is 5.82 Å². The highest BCUT2D eigenvalue weighted by atomic mass is 15.3. The van der Waals surface area contributed by atoms with Gasteiger partial charge in [0.15, 0.2) is 5.82 Å². The van der Waals surface area contributed by atoms with Crippen molar-refractivity contribution in [3.8, 4) is 17.1 Å². The van der Waals surface area contributed by atoms with E-state index in [2.05, 4.69) is 51.1 Å². The standard InChI is InChI=1S/C15H15N5/c1-10-12(9-16-19(10)2)15-18-17-14-8-7-11-5-3-4-6-13(11)20(14)15/h3-6,9H,7-8H2,1-2H3. The van der Waals surface area contributed by atoms with E-state index in [0.717, 1.165) is 35.7 Å². The van der Waals surface area contributed by atoms with E-state index in [0.29, 0.717) is 0 Å². The van der Waals surface area contributed by atoms with Gasteiger partial charge < -0.3 is 0 Å². The normalized spacial score (nSPS) is 13.1. The van der Waals surface area contributed by atoms with Crippen LogP contribution in [0.5, 0.6) is 0 Å². The molecule has 2 aromatic heterocycles. The van der Waals surface area contributed by atoms with Gasteiger partial charge in [-0.3, -0.25) is 9.25 Å². The molecule has 0 amide bonds. The average Bonchev–Trinajstić information content (AvgIpc) is 3.04. The van der Waals surface area contributed by atoms with Crippen LogP contribution in [0, 0.1) is 6.92 Å². The Morgan fingerprint density at radius 2 is 1.95 bits per heavy atom. The lowest BCUT2D eigenvalue weighted by Crippen LogP contribution is -2.13. The number of aromatic nitrogens is 5. The second-order valence-electron chi connectivity index (χ2n) is 5.17. The first-order chi connectivity index (χ1) is 9.75. The number of hydrogen-bond donors (Lipinski definition) is 0. The van der Waals surface area contributed by atoms with Crippen LogP contribution in [-0.4, -0.2) is 24.5 Å². The van der Waals surface area contributed by atoms with Crippen LogP contribution < -0.4 is 0 Å². The van der Waals surface area contributed by atoms with Gasteiger partial charge in [0.2, 0.25) is 0 Å². The molecule has 0 saturated carbocycles. The van der Waals surface area contributed by atoms with Crippen LogP contribution in [0.25, 0.3) is 17.1 Å². The molecule has 0 saturated heterocycles. The van der Waals surface area contributed by atoms with Crippen molar-refractivity contribution >= 4 is 0 Å². The van der Waals surface area contributed by atoms with Crippen LogP contribution in [0.15, 0.2) is 30.5 Å². The summed E-state index contributed by atoms with van der Waals surface area (Å²) in [6, 6.07) is 8.46. The highest BCUT2D eigenvalue weighted by Gasteiger charge is 2.23. The Labute approximate surface area is 116 Å². The lowest BCUT2D eigenvalue weighted by atomic mass is 10.0. The maximum atomic E-state index is 4.40. The van der Waals surface area contributed by atoms with Crippen LogP contribution >= 0.6 is 0 Å². The summed E-state index contributed by atoms with van der Waals surface area (Å²) in [7, 11) is 1.94. The van der Waals surface area contributed by atoms with Crippen molar-refractivity contribution in [1.29, 1.82) is 0 Å². The molecule has 100 valence electrons. The highest BCUT2D eigenvalue weighted by molar-refractivity contribution is 5.62. The second-order valence-corrected chi connectivity index (χ2v) is 5.17. The van der Waals surface area contributed by atoms with Gasteiger partial charge in [-0.2, -0.15) is 5.10 Å². The van der Waals surface area contributed by atoms with Gasteiger partial charge in [-0.05, 0) is 25.0 Å². The van der Waals surface area contributed by atoms with E-state index < -0.39 is 0 Å². The third-order valence-corrected chi connectivity index (χ3v) is 4.06. The molecule has 4 rings (SSSR count). The van der Waals surface area contributed by atoms with E-state index in [1.807, 2.05) is 17.9 Å². The Morgan fingerprint density at radius 1 is 1.10 bits per heavy atom. The molecule has 0 unspecified atom stereocenters. The van der Waals surface area contributed by atoms with Gasteiger partial charge in [0.05, 0.1) is 17.4 Å². The molecule has 5 heteroatoms. The molecule has 20 heavy (non-hydrogen) atoms. The minimum absolute atomic E-state index is 0.887. The second kappa shape index (κ2) is 4.03. The lowest BCUT2D eigenvalue weighted by molar-refractivity contribution is 0.740. The summed E-state index contributed by atoms with van der Waals surface area (Å²) < 4.78 is 4.04. The zero-order chi connectivity index (χ0) is 13.7. The summed E-state index contributed by atoms with van der Waals surface area (Å²) >= 11 is 0. The van der Waals surface area contributed by atoms with Gasteiger partial charge in [-0.1, -0.05) is 18.2 Å². The van der Waals surface area contributed by atoms with Gasteiger partial charge in [-0.15, -0.1) is 10.2 Å². The Bertz CT molecular complexity index is 796. The summed E-state index contributed by atoms with van der Waals surface area (Å²) in [6.45, 7) is 2.05. The fourth-order valence-corrected chi connectivity index (χ4v) is 2.81. The smallest absolute Gasteiger partial charge is 0.172 e. The molecule has 5 nitrogen and oxygen atoms in total. The van der Waals surface area contributed by atoms with Crippen molar-refractivity contribution in [3.63, 3.8) is 0 Å². The summed E-state index contributed by atoms with van der Waals surface area (Å²) in [5.41, 5.74) is 4.69. The van der Waals surface area contributed by atoms with E-state index in [9.17, 15) is 0 Å². The third-order valence-electron chi connectivity index (χ3n) is 4.06. The van der Waals surface area contributed by atoms with Crippen LogP contribution in [0.3, 0.4) is 0 Å². The van der Waals surface area contributed by atoms with Gasteiger partial charge in [0.25, 0.3) is 0 Å². The molecule has 0 aliphatic carbocycles. The zero-order valence-corrected chi connectivity index (χ0v) is 11.5. The first-order valence-electron chi connectivity index (χ1n) is 6.77. The fraction of sp³-hybridized carbons (Fsp3) is 0.267. The molecule has 3 heterocycles. The fourth-order valence-electron chi connectivity index (χ4n) is 2.81. The van der Waals surface area contributed by atoms with Crippen molar-refractivity contribution in [2.75, 3.05) is 0 Å². The van der Waals surface area contributed by atoms with E-state index in [1.165, 1.54) is 11.3 Å². The van der Waals surface area contributed by atoms with Crippen molar-refractivity contribution in [2.45, 2.75) is 19.8 Å². The number of rotatable bonds is 1. The van der Waals surface area contributed by atoms with Gasteiger partial charge >= 0.3 is 0 Å². The van der Waals surface area contributed by atoms with E-state index >= 15 is 0 Å². The molecular weight excluding hydrogens is 250 g/mol. The van der Waals surface area contributed by atoms with Crippen molar-refractivity contribution in [2.24, 2.45) is 7.05 Å². The lowest BCUT2D eigenvalue weighted by Gasteiger charge is -2.19. The quantitative estimate of drug-likeness (QED) is 0.677. The largest absolute Gasteiger partial charge is 0.279 e. The maximum Gasteiger partial charge on any atom is 0.172 e. The van der Waals surface area contributed by atoms with Gasteiger partial charge in [-0.25, -0.2) is 0 Å². The number of fused-ring (bicyclic) bond motifs is 3.